The fourth-order valence-electron chi connectivity index (χ4n) is 4.23. The van der Waals surface area contributed by atoms with Crippen LogP contribution in [0.2, 0.25) is 0 Å². The number of amides is 1. The van der Waals surface area contributed by atoms with Gasteiger partial charge in [0, 0.05) is 39.3 Å². The Hall–Kier alpha value is -0.296. The third-order valence-corrected chi connectivity index (χ3v) is 7.65. The number of carbonyl (C=O) groups excluding carboxylic acids is 1. The number of piperidine rings is 1. The van der Waals surface area contributed by atoms with Crippen molar-refractivity contribution < 1.29 is 47.0 Å². The number of nitrogens with one attached hydrogen (secondary N) is 1. The molecule has 1 aromatic rings. The fraction of sp³-hybridized carbons (Fsp3) is 0.667. The second-order valence-electron chi connectivity index (χ2n) is 9.23. The maximum Gasteiger partial charge on any atom is 0.255 e. The molecule has 0 spiro atoms. The van der Waals surface area contributed by atoms with E-state index in [9.17, 15) is 4.79 Å². The Kier molecular flexibility index (Phi) is 12.0. The predicted molar refractivity (Wildman–Crippen MR) is 132 cm³/mol. The number of piperazine rings is 1. The molecule has 0 aromatic heterocycles. The summed E-state index contributed by atoms with van der Waals surface area (Å²) < 4.78 is 13.7. The second-order valence-corrected chi connectivity index (χ2v) is 9.82. The number of benzene rings is 1. The fourth-order valence-corrected chi connectivity index (χ4v) is 4.42. The minimum Gasteiger partial charge on any atom is -0.660 e. The number of rotatable bonds is 3. The molecule has 0 saturated carbocycles. The zero-order valence-corrected chi connectivity index (χ0v) is 24.6. The first-order chi connectivity index (χ1) is 15.3. The summed E-state index contributed by atoms with van der Waals surface area (Å²) in [6.45, 7) is 14.1. The van der Waals surface area contributed by atoms with Crippen LogP contribution in [0, 0.1) is 26.8 Å². The van der Waals surface area contributed by atoms with Gasteiger partial charge >= 0.3 is 0 Å². The molecule has 33 heavy (non-hydrogen) atoms. The standard InChI is InChI=1S/C18H25N2O3.C6H14N2P.Y/c1-12-10-15(17-16(13(12)2)22-8-9-23-17)18(21)19-11-14-4-6-20(3)7-5-14;1-5-3-7-4-6(2)8(5)9;/h10,14H,3-9,11H2,1-2H3,(H,19,21);5-6H,3-4,9H2,1-2H3;/q2*-1;. The zero-order chi connectivity index (χ0) is 23.3. The molecule has 3 aliphatic rings. The van der Waals surface area contributed by atoms with Crippen molar-refractivity contribution in [3.05, 3.63) is 35.1 Å². The van der Waals surface area contributed by atoms with Crippen molar-refractivity contribution in [2.75, 3.05) is 45.9 Å². The maximum atomic E-state index is 12.6. The Morgan fingerprint density at radius 1 is 1.15 bits per heavy atom. The first-order valence-electron chi connectivity index (χ1n) is 11.7. The van der Waals surface area contributed by atoms with Crippen molar-refractivity contribution in [1.29, 1.82) is 0 Å². The van der Waals surface area contributed by atoms with E-state index in [1.165, 1.54) is 0 Å². The average Bonchev–Trinajstić information content (AvgIpc) is 2.79. The van der Waals surface area contributed by atoms with Gasteiger partial charge in [0.15, 0.2) is 11.5 Å². The van der Waals surface area contributed by atoms with E-state index in [2.05, 4.69) is 50.5 Å². The molecule has 1 N–H and O–H groups in total. The summed E-state index contributed by atoms with van der Waals surface area (Å²) in [5.41, 5.74) is 2.67. The number of fused-ring (bicyclic) bond motifs is 1. The minimum absolute atomic E-state index is 0. The first-order valence-corrected chi connectivity index (χ1v) is 12.2. The van der Waals surface area contributed by atoms with E-state index >= 15 is 0 Å². The summed E-state index contributed by atoms with van der Waals surface area (Å²) in [6, 6.07) is 3.12. The molecule has 4 rings (SSSR count). The predicted octanol–water partition coefficient (Wildman–Crippen LogP) is 3.55. The molecular weight excluding hydrogens is 512 g/mol. The van der Waals surface area contributed by atoms with Crippen LogP contribution < -0.4 is 14.8 Å². The van der Waals surface area contributed by atoms with Gasteiger partial charge in [0.2, 0.25) is 0 Å². The molecular formula is C24H39N4O3PY-2. The van der Waals surface area contributed by atoms with Crippen molar-refractivity contribution >= 4 is 15.3 Å². The Bertz CT molecular complexity index is 779. The van der Waals surface area contributed by atoms with E-state index in [4.69, 9.17) is 9.47 Å². The summed E-state index contributed by atoms with van der Waals surface area (Å²) in [5.74, 6) is 1.75. The van der Waals surface area contributed by atoms with Gasteiger partial charge in [-0.2, -0.15) is 0 Å². The van der Waals surface area contributed by atoms with Gasteiger partial charge in [-0.15, -0.1) is 13.1 Å². The number of ether oxygens (including phenoxy) is 2. The molecule has 0 aliphatic carbocycles. The second kappa shape index (κ2) is 13.7. The number of hydrogen-bond acceptors (Lipinski definition) is 5. The van der Waals surface area contributed by atoms with Gasteiger partial charge in [0.25, 0.3) is 5.91 Å². The third-order valence-electron chi connectivity index (χ3n) is 6.63. The Morgan fingerprint density at radius 2 is 1.73 bits per heavy atom. The minimum atomic E-state index is -0.0769. The van der Waals surface area contributed by atoms with Crippen LogP contribution in [-0.2, 0) is 32.7 Å². The molecule has 0 bridgehead atoms. The molecule has 1 radical (unpaired) electrons. The first kappa shape index (κ1) is 28.9. The van der Waals surface area contributed by atoms with Crippen molar-refractivity contribution in [2.24, 2.45) is 5.92 Å². The largest absolute Gasteiger partial charge is 0.660 e. The topological polar surface area (TPSA) is 68.1 Å². The monoisotopic (exact) mass is 551 g/mol. The summed E-state index contributed by atoms with van der Waals surface area (Å²) in [7, 11) is 6.71. The molecule has 3 aliphatic heterocycles. The smallest absolute Gasteiger partial charge is 0.255 e. The van der Waals surface area contributed by atoms with Gasteiger partial charge in [-0.25, -0.2) is 0 Å². The summed E-state index contributed by atoms with van der Waals surface area (Å²) in [4.78, 5) is 14.7. The van der Waals surface area contributed by atoms with Crippen molar-refractivity contribution in [3.8, 4) is 11.5 Å². The number of nitrogens with zero attached hydrogens (tertiary/aromatic N) is 3. The SMILES string of the molecule is CC1C[N-]CC(C)N1P.[CH2-]N1CCC(CNC(=O)c2cc(C)c(C)c3c2OCCO3)CC1.[Y]. The van der Waals surface area contributed by atoms with Gasteiger partial charge < -0.3 is 25.0 Å². The normalized spacial score (nSPS) is 23.7. The molecule has 1 amide bonds. The van der Waals surface area contributed by atoms with Gasteiger partial charge in [-0.05, 0) is 75.0 Å². The van der Waals surface area contributed by atoms with Crippen LogP contribution in [0.3, 0.4) is 0 Å². The molecule has 9 heteroatoms. The Balaban J connectivity index is 0.000000326. The molecule has 2 fully saturated rings. The molecule has 183 valence electrons. The van der Waals surface area contributed by atoms with E-state index in [1.807, 2.05) is 19.9 Å². The molecule has 3 atom stereocenters. The Morgan fingerprint density at radius 3 is 2.30 bits per heavy atom. The van der Waals surface area contributed by atoms with E-state index < -0.39 is 0 Å². The van der Waals surface area contributed by atoms with Gasteiger partial charge in [0.05, 0.1) is 5.56 Å². The van der Waals surface area contributed by atoms with Crippen LogP contribution in [0.25, 0.3) is 5.32 Å². The number of carbonyl (C=O) groups is 1. The van der Waals surface area contributed by atoms with E-state index in [0.717, 1.165) is 50.1 Å². The van der Waals surface area contributed by atoms with Gasteiger partial charge in [-0.3, -0.25) is 16.5 Å². The summed E-state index contributed by atoms with van der Waals surface area (Å²) >= 11 is 0. The quantitative estimate of drug-likeness (QED) is 0.460. The van der Waals surface area contributed by atoms with Crippen LogP contribution >= 0.6 is 9.39 Å². The van der Waals surface area contributed by atoms with Crippen LogP contribution in [-0.4, -0.2) is 73.5 Å². The van der Waals surface area contributed by atoms with E-state index in [-0.39, 0.29) is 38.6 Å². The summed E-state index contributed by atoms with van der Waals surface area (Å²) in [6.07, 6.45) is 2.16. The molecule has 2 saturated heterocycles. The zero-order valence-electron chi connectivity index (χ0n) is 20.6. The molecule has 1 aromatic carbocycles. The van der Waals surface area contributed by atoms with Crippen molar-refractivity contribution in [2.45, 2.75) is 52.6 Å². The van der Waals surface area contributed by atoms with Gasteiger partial charge in [0.1, 0.15) is 13.2 Å². The van der Waals surface area contributed by atoms with E-state index in [0.29, 0.717) is 54.8 Å². The van der Waals surface area contributed by atoms with Crippen LogP contribution in [0.4, 0.5) is 0 Å². The number of likely N-dealkylation sites (tertiary alicyclic amines) is 1. The van der Waals surface area contributed by atoms with Crippen molar-refractivity contribution in [1.82, 2.24) is 14.9 Å². The average molecular weight is 551 g/mol. The molecule has 3 heterocycles. The molecule has 3 unspecified atom stereocenters. The summed E-state index contributed by atoms with van der Waals surface area (Å²) in [5, 5.41) is 7.40. The maximum absolute atomic E-state index is 12.6. The third kappa shape index (κ3) is 7.85. The number of aryl methyl sites for hydroxylation is 1. The molecule has 7 nitrogen and oxygen atoms in total. The van der Waals surface area contributed by atoms with Gasteiger partial charge in [-0.1, -0.05) is 23.2 Å². The van der Waals surface area contributed by atoms with Crippen LogP contribution in [0.5, 0.6) is 11.5 Å². The number of hydrogen-bond donors (Lipinski definition) is 1. The van der Waals surface area contributed by atoms with Crippen LogP contribution in [0.15, 0.2) is 6.07 Å². The van der Waals surface area contributed by atoms with Crippen LogP contribution in [0.1, 0.15) is 48.2 Å². The Labute approximate surface area is 227 Å². The van der Waals surface area contributed by atoms with Crippen molar-refractivity contribution in [3.63, 3.8) is 0 Å². The van der Waals surface area contributed by atoms with E-state index in [1.54, 1.807) is 0 Å².